The van der Waals surface area contributed by atoms with Gasteiger partial charge in [-0.05, 0) is 60.7 Å². The van der Waals surface area contributed by atoms with Crippen molar-refractivity contribution in [3.05, 3.63) is 94.5 Å². The first-order valence-corrected chi connectivity index (χ1v) is 12.6. The Hall–Kier alpha value is -3.48. The number of nitrogens with two attached hydrogens (primary N) is 2. The number of methoxy groups -OCH3 is 1. The lowest BCUT2D eigenvalue weighted by Gasteiger charge is -2.33. The van der Waals surface area contributed by atoms with E-state index in [1.54, 1.807) is 7.11 Å². The smallest absolute Gasteiger partial charge is 0.164 e. The monoisotopic (exact) mass is 485 g/mol. The van der Waals surface area contributed by atoms with E-state index in [1.807, 2.05) is 36.4 Å². The van der Waals surface area contributed by atoms with Crippen molar-refractivity contribution in [1.29, 1.82) is 0 Å². The summed E-state index contributed by atoms with van der Waals surface area (Å²) >= 11 is 0. The Morgan fingerprint density at radius 1 is 0.889 bits per heavy atom. The zero-order chi connectivity index (χ0) is 25.5. The summed E-state index contributed by atoms with van der Waals surface area (Å²) in [6.45, 7) is 3.56. The fraction of sp³-hybridized carbons (Fsp3) is 0.333. The van der Waals surface area contributed by atoms with Gasteiger partial charge in [-0.2, -0.15) is 0 Å². The van der Waals surface area contributed by atoms with Crippen LogP contribution in [-0.4, -0.2) is 36.7 Å². The van der Waals surface area contributed by atoms with Gasteiger partial charge in [0.1, 0.15) is 5.75 Å². The average Bonchev–Trinajstić information content (AvgIpc) is 2.92. The summed E-state index contributed by atoms with van der Waals surface area (Å²) in [5.41, 5.74) is 16.5. The number of nitrogen functional groups attached to an aromatic ring is 1. The van der Waals surface area contributed by atoms with E-state index in [4.69, 9.17) is 16.2 Å². The molecule has 1 fully saturated rings. The molecule has 36 heavy (non-hydrogen) atoms. The molecule has 0 aromatic heterocycles. The van der Waals surface area contributed by atoms with Crippen molar-refractivity contribution in [1.82, 2.24) is 4.90 Å². The molecule has 0 bridgehead atoms. The number of carbonyl (C=O) groups is 2. The minimum Gasteiger partial charge on any atom is -0.495 e. The third-order valence-corrected chi connectivity index (χ3v) is 7.06. The number of hydrogen-bond donors (Lipinski definition) is 2. The van der Waals surface area contributed by atoms with Gasteiger partial charge in [0.05, 0.1) is 12.8 Å². The molecular formula is C30H35N3O3. The molecule has 0 unspecified atom stereocenters. The lowest BCUT2D eigenvalue weighted by atomic mass is 9.79. The minimum atomic E-state index is 0.123. The number of piperidine rings is 1. The molecule has 3 aromatic carbocycles. The predicted octanol–water partition coefficient (Wildman–Crippen LogP) is 4.96. The Morgan fingerprint density at radius 3 is 2.28 bits per heavy atom. The van der Waals surface area contributed by atoms with E-state index in [-0.39, 0.29) is 11.6 Å². The second kappa shape index (κ2) is 12.0. The molecule has 6 nitrogen and oxygen atoms in total. The van der Waals surface area contributed by atoms with Crippen molar-refractivity contribution < 1.29 is 14.3 Å². The van der Waals surface area contributed by atoms with Crippen LogP contribution >= 0.6 is 0 Å². The molecule has 0 radical (unpaired) electrons. The van der Waals surface area contributed by atoms with Crippen LogP contribution in [-0.2, 0) is 13.1 Å². The van der Waals surface area contributed by atoms with E-state index in [9.17, 15) is 9.59 Å². The van der Waals surface area contributed by atoms with Crippen LogP contribution in [0.5, 0.6) is 5.75 Å². The van der Waals surface area contributed by atoms with Gasteiger partial charge in [0, 0.05) is 37.1 Å². The quantitative estimate of drug-likeness (QED) is 0.496. The number of ketones is 2. The van der Waals surface area contributed by atoms with Crippen LogP contribution in [0.4, 0.5) is 5.69 Å². The maximum atomic E-state index is 12.4. The first-order chi connectivity index (χ1) is 17.5. The van der Waals surface area contributed by atoms with Crippen LogP contribution < -0.4 is 16.2 Å². The number of nitrogens with zero attached hydrogens (tertiary/aromatic N) is 1. The molecule has 1 saturated heterocycles. The summed E-state index contributed by atoms with van der Waals surface area (Å²) in [5, 5.41) is 0. The van der Waals surface area contributed by atoms with Crippen molar-refractivity contribution in [2.75, 3.05) is 25.9 Å². The number of fused-ring (bicyclic) bond motifs is 1. The Kier molecular flexibility index (Phi) is 8.52. The fourth-order valence-electron chi connectivity index (χ4n) is 5.10. The van der Waals surface area contributed by atoms with Gasteiger partial charge in [-0.3, -0.25) is 14.5 Å². The molecule has 1 aliphatic heterocycles. The highest BCUT2D eigenvalue weighted by Crippen LogP contribution is 2.35. The highest BCUT2D eigenvalue weighted by molar-refractivity contribution is 6.14. The SMILES string of the molecule is COc1ccc(CN)cc1N.O=C1CCC(=O)c2c1cccc2C1CCN(Cc2ccccc2)CC1. The molecular weight excluding hydrogens is 450 g/mol. The Morgan fingerprint density at radius 2 is 1.61 bits per heavy atom. The standard InChI is InChI=1S/C22H23NO2.C8H12N2O/c24-20-9-10-21(25)22-18(7-4-8-19(20)22)17-11-13-23(14-12-17)15-16-5-2-1-3-6-16;1-11-8-3-2-6(5-9)4-7(8)10/h1-8,17H,9-15H2;2-4H,5,9-10H2,1H3. The summed E-state index contributed by atoms with van der Waals surface area (Å²) in [6, 6.07) is 21.9. The number of anilines is 1. The normalized spacial score (nSPS) is 16.2. The molecule has 0 atom stereocenters. The second-order valence-corrected chi connectivity index (χ2v) is 9.43. The van der Waals surface area contributed by atoms with Crippen LogP contribution in [0.1, 0.15) is 69.0 Å². The highest BCUT2D eigenvalue weighted by Gasteiger charge is 2.30. The Balaban J connectivity index is 0.000000233. The Bertz CT molecular complexity index is 1200. The molecule has 0 spiro atoms. The maximum Gasteiger partial charge on any atom is 0.164 e. The number of benzene rings is 3. The van der Waals surface area contributed by atoms with Crippen LogP contribution in [0.25, 0.3) is 0 Å². The van der Waals surface area contributed by atoms with Crippen molar-refractivity contribution in [2.24, 2.45) is 5.73 Å². The zero-order valence-electron chi connectivity index (χ0n) is 20.9. The number of ether oxygens (including phenoxy) is 1. The van der Waals surface area contributed by atoms with Gasteiger partial charge < -0.3 is 16.2 Å². The van der Waals surface area contributed by atoms with E-state index >= 15 is 0 Å². The van der Waals surface area contributed by atoms with Gasteiger partial charge in [-0.25, -0.2) is 0 Å². The molecule has 5 rings (SSSR count). The summed E-state index contributed by atoms with van der Waals surface area (Å²) in [6.07, 6.45) is 2.83. The molecule has 2 aliphatic rings. The first-order valence-electron chi connectivity index (χ1n) is 12.6. The van der Waals surface area contributed by atoms with E-state index < -0.39 is 0 Å². The second-order valence-electron chi connectivity index (χ2n) is 9.43. The van der Waals surface area contributed by atoms with Crippen molar-refractivity contribution in [3.8, 4) is 5.75 Å². The molecule has 4 N–H and O–H groups in total. The third-order valence-electron chi connectivity index (χ3n) is 7.06. The van der Waals surface area contributed by atoms with E-state index in [0.29, 0.717) is 42.3 Å². The predicted molar refractivity (Wildman–Crippen MR) is 143 cm³/mol. The number of likely N-dealkylation sites (tertiary alicyclic amines) is 1. The van der Waals surface area contributed by atoms with Crippen LogP contribution in [0.3, 0.4) is 0 Å². The third kappa shape index (κ3) is 6.01. The lowest BCUT2D eigenvalue weighted by Crippen LogP contribution is -2.33. The summed E-state index contributed by atoms with van der Waals surface area (Å²) in [7, 11) is 1.59. The first kappa shape index (κ1) is 25.6. The fourth-order valence-corrected chi connectivity index (χ4v) is 5.10. The van der Waals surface area contributed by atoms with Crippen molar-refractivity contribution in [2.45, 2.75) is 44.7 Å². The van der Waals surface area contributed by atoms with E-state index in [2.05, 4.69) is 35.2 Å². The summed E-state index contributed by atoms with van der Waals surface area (Å²) < 4.78 is 4.98. The van der Waals surface area contributed by atoms with Crippen LogP contribution in [0, 0.1) is 0 Å². The van der Waals surface area contributed by atoms with Gasteiger partial charge in [-0.15, -0.1) is 0 Å². The summed E-state index contributed by atoms with van der Waals surface area (Å²) in [4.78, 5) is 27.1. The van der Waals surface area contributed by atoms with Crippen LogP contribution in [0.15, 0.2) is 66.7 Å². The van der Waals surface area contributed by atoms with Crippen molar-refractivity contribution in [3.63, 3.8) is 0 Å². The molecule has 0 amide bonds. The van der Waals surface area contributed by atoms with E-state index in [0.717, 1.165) is 49.2 Å². The average molecular weight is 486 g/mol. The largest absolute Gasteiger partial charge is 0.495 e. The van der Waals surface area contributed by atoms with Crippen molar-refractivity contribution >= 4 is 17.3 Å². The molecule has 6 heteroatoms. The molecule has 0 saturated carbocycles. The number of rotatable bonds is 5. The number of Topliss-reactive ketones (excluding diaryl/α,β-unsaturated/α-hetero) is 2. The maximum absolute atomic E-state index is 12.4. The molecule has 3 aromatic rings. The van der Waals surface area contributed by atoms with Crippen LogP contribution in [0.2, 0.25) is 0 Å². The van der Waals surface area contributed by atoms with E-state index in [1.165, 1.54) is 5.56 Å². The minimum absolute atomic E-state index is 0.123. The van der Waals surface area contributed by atoms with Gasteiger partial charge in [0.15, 0.2) is 11.6 Å². The highest BCUT2D eigenvalue weighted by atomic mass is 16.5. The zero-order valence-corrected chi connectivity index (χ0v) is 20.9. The van der Waals surface area contributed by atoms with Gasteiger partial charge >= 0.3 is 0 Å². The van der Waals surface area contributed by atoms with Gasteiger partial charge in [0.25, 0.3) is 0 Å². The molecule has 1 heterocycles. The van der Waals surface area contributed by atoms with Gasteiger partial charge in [0.2, 0.25) is 0 Å². The molecule has 1 aliphatic carbocycles. The number of hydrogen-bond acceptors (Lipinski definition) is 6. The van der Waals surface area contributed by atoms with Gasteiger partial charge in [-0.1, -0.05) is 54.6 Å². The number of carbonyl (C=O) groups excluding carboxylic acids is 2. The summed E-state index contributed by atoms with van der Waals surface area (Å²) in [5.74, 6) is 1.36. The lowest BCUT2D eigenvalue weighted by molar-refractivity contribution is 0.0888. The topological polar surface area (TPSA) is 98.6 Å². The Labute approximate surface area is 213 Å². The molecule has 188 valence electrons.